The Morgan fingerprint density at radius 2 is 1.79 bits per heavy atom. The second kappa shape index (κ2) is 17.2. The van der Waals surface area contributed by atoms with E-state index in [9.17, 15) is 4.79 Å². The highest BCUT2D eigenvalue weighted by Gasteiger charge is 2.30. The Kier molecular flexibility index (Phi) is 18.3. The summed E-state index contributed by atoms with van der Waals surface area (Å²) in [7, 11) is 0. The van der Waals surface area contributed by atoms with E-state index in [0.29, 0.717) is 6.04 Å². The van der Waals surface area contributed by atoms with Crippen LogP contribution in [0, 0.1) is 0 Å². The summed E-state index contributed by atoms with van der Waals surface area (Å²) in [6.07, 6.45) is 6.47. The highest BCUT2D eigenvalue weighted by atomic mass is 16.5. The molecule has 1 rings (SSSR count). The number of nitrogens with two attached hydrogens (primary N) is 1. The predicted molar refractivity (Wildman–Crippen MR) is 104 cm³/mol. The molecular formula is C19H43N3O2. The molecule has 5 nitrogen and oxygen atoms in total. The number of carbonyl (C=O) groups excluding carboxylic acids is 1. The van der Waals surface area contributed by atoms with E-state index in [2.05, 4.69) is 12.2 Å². The van der Waals surface area contributed by atoms with Gasteiger partial charge >= 0.3 is 5.97 Å². The van der Waals surface area contributed by atoms with E-state index in [-0.39, 0.29) is 18.1 Å². The second-order valence-electron chi connectivity index (χ2n) is 6.01. The zero-order valence-electron chi connectivity index (χ0n) is 17.2. The smallest absolute Gasteiger partial charge is 0.323 e. The first-order valence-corrected chi connectivity index (χ1v) is 9.99. The van der Waals surface area contributed by atoms with Gasteiger partial charge in [0, 0.05) is 19.1 Å². The van der Waals surface area contributed by atoms with Gasteiger partial charge in [-0.2, -0.15) is 0 Å². The van der Waals surface area contributed by atoms with Crippen LogP contribution in [0.1, 0.15) is 87.0 Å². The minimum Gasteiger partial charge on any atom is -0.462 e. The molecular weight excluding hydrogens is 302 g/mol. The summed E-state index contributed by atoms with van der Waals surface area (Å²) in [5, 5.41) is 5.26. The van der Waals surface area contributed by atoms with Crippen molar-refractivity contribution in [1.82, 2.24) is 10.3 Å². The Hall–Kier alpha value is -0.650. The van der Waals surface area contributed by atoms with Crippen molar-refractivity contribution in [1.29, 1.82) is 0 Å². The summed E-state index contributed by atoms with van der Waals surface area (Å²) in [6, 6.07) is 0.255. The molecule has 0 radical (unpaired) electrons. The summed E-state index contributed by atoms with van der Waals surface area (Å²) >= 11 is 0. The second-order valence-corrected chi connectivity index (χ2v) is 6.01. The van der Waals surface area contributed by atoms with Crippen LogP contribution >= 0.6 is 0 Å². The number of nitrogens with zero attached hydrogens (tertiary/aromatic N) is 1. The van der Waals surface area contributed by atoms with Crippen LogP contribution in [0.25, 0.3) is 0 Å². The predicted octanol–water partition coefficient (Wildman–Crippen LogP) is 3.87. The molecule has 3 N–H and O–H groups in total. The normalized spacial score (nSPS) is 19.4. The van der Waals surface area contributed by atoms with Crippen molar-refractivity contribution < 1.29 is 9.53 Å². The molecule has 0 aromatic carbocycles. The molecule has 2 unspecified atom stereocenters. The first kappa shape index (κ1) is 25.6. The SMILES string of the molecule is CC.CC.CCCCCN(N)CCC1CCC(C(=O)OC(C)C)N1. The van der Waals surface area contributed by atoms with Crippen LogP contribution in [0.4, 0.5) is 0 Å². The van der Waals surface area contributed by atoms with Crippen LogP contribution in [0.5, 0.6) is 0 Å². The third kappa shape index (κ3) is 12.7. The van der Waals surface area contributed by atoms with E-state index in [0.717, 1.165) is 38.8 Å². The lowest BCUT2D eigenvalue weighted by Crippen LogP contribution is -2.40. The Morgan fingerprint density at radius 1 is 1.17 bits per heavy atom. The van der Waals surface area contributed by atoms with Crippen molar-refractivity contribution in [2.24, 2.45) is 5.84 Å². The third-order valence-electron chi connectivity index (χ3n) is 3.69. The molecule has 0 aliphatic carbocycles. The van der Waals surface area contributed by atoms with Gasteiger partial charge < -0.3 is 10.1 Å². The topological polar surface area (TPSA) is 67.6 Å². The fourth-order valence-corrected chi connectivity index (χ4v) is 2.55. The lowest BCUT2D eigenvalue weighted by atomic mass is 10.1. The molecule has 0 aromatic rings. The van der Waals surface area contributed by atoms with Crippen molar-refractivity contribution in [3.05, 3.63) is 0 Å². The quantitative estimate of drug-likeness (QED) is 0.287. The highest BCUT2D eigenvalue weighted by Crippen LogP contribution is 2.17. The van der Waals surface area contributed by atoms with Gasteiger partial charge in [-0.15, -0.1) is 0 Å². The van der Waals surface area contributed by atoms with Gasteiger partial charge in [0.15, 0.2) is 0 Å². The minimum absolute atomic E-state index is 0.0403. The average molecular weight is 346 g/mol. The Labute approximate surface area is 150 Å². The van der Waals surface area contributed by atoms with Crippen molar-refractivity contribution in [2.75, 3.05) is 13.1 Å². The molecule has 24 heavy (non-hydrogen) atoms. The van der Waals surface area contributed by atoms with E-state index in [1.807, 2.05) is 46.6 Å². The maximum Gasteiger partial charge on any atom is 0.323 e. The van der Waals surface area contributed by atoms with E-state index >= 15 is 0 Å². The first-order chi connectivity index (χ1) is 11.5. The van der Waals surface area contributed by atoms with Crippen LogP contribution in [0.15, 0.2) is 0 Å². The maximum atomic E-state index is 11.8. The van der Waals surface area contributed by atoms with E-state index < -0.39 is 0 Å². The van der Waals surface area contributed by atoms with Gasteiger partial charge in [-0.3, -0.25) is 10.6 Å². The van der Waals surface area contributed by atoms with Crippen LogP contribution in [-0.4, -0.2) is 42.3 Å². The van der Waals surface area contributed by atoms with E-state index in [4.69, 9.17) is 10.6 Å². The van der Waals surface area contributed by atoms with Gasteiger partial charge in [0.2, 0.25) is 0 Å². The lowest BCUT2D eigenvalue weighted by molar-refractivity contribution is -0.149. The molecule has 5 heteroatoms. The summed E-state index contributed by atoms with van der Waals surface area (Å²) in [5.74, 6) is 5.85. The molecule has 2 atom stereocenters. The molecule has 0 spiro atoms. The molecule has 0 saturated carbocycles. The molecule has 0 bridgehead atoms. The molecule has 1 fully saturated rings. The zero-order valence-corrected chi connectivity index (χ0v) is 17.2. The number of hydrogen-bond acceptors (Lipinski definition) is 5. The van der Waals surface area contributed by atoms with Gasteiger partial charge in [-0.25, -0.2) is 5.01 Å². The Bertz CT molecular complexity index is 286. The standard InChI is InChI=1S/C15H31N3O2.2C2H6/c1-4-5-6-10-18(16)11-9-13-7-8-14(17-13)15(19)20-12(2)3;2*1-2/h12-14,17H,4-11,16H2,1-3H3;2*1-2H3. The number of rotatable bonds is 9. The minimum atomic E-state index is -0.131. The molecule has 0 amide bonds. The van der Waals surface area contributed by atoms with E-state index in [1.54, 1.807) is 0 Å². The molecule has 1 aliphatic heterocycles. The zero-order chi connectivity index (χ0) is 19.0. The maximum absolute atomic E-state index is 11.8. The number of carbonyl (C=O) groups is 1. The summed E-state index contributed by atoms with van der Waals surface area (Å²) in [6.45, 7) is 15.8. The number of hydrazine groups is 1. The lowest BCUT2D eigenvalue weighted by Gasteiger charge is -2.19. The van der Waals surface area contributed by atoms with Crippen molar-refractivity contribution in [3.63, 3.8) is 0 Å². The highest BCUT2D eigenvalue weighted by molar-refractivity contribution is 5.76. The first-order valence-electron chi connectivity index (χ1n) is 9.99. The average Bonchev–Trinajstić information content (AvgIpc) is 3.05. The summed E-state index contributed by atoms with van der Waals surface area (Å²) in [5.41, 5.74) is 0. The van der Waals surface area contributed by atoms with Crippen LogP contribution in [-0.2, 0) is 9.53 Å². The summed E-state index contributed by atoms with van der Waals surface area (Å²) in [4.78, 5) is 11.8. The fraction of sp³-hybridized carbons (Fsp3) is 0.947. The monoisotopic (exact) mass is 345 g/mol. The van der Waals surface area contributed by atoms with E-state index in [1.165, 1.54) is 12.8 Å². The van der Waals surface area contributed by atoms with Crippen molar-refractivity contribution >= 4 is 5.97 Å². The molecule has 1 saturated heterocycles. The van der Waals surface area contributed by atoms with Gasteiger partial charge in [0.25, 0.3) is 0 Å². The van der Waals surface area contributed by atoms with Crippen LogP contribution in [0.3, 0.4) is 0 Å². The number of esters is 1. The van der Waals surface area contributed by atoms with Crippen molar-refractivity contribution in [2.45, 2.75) is 105 Å². The molecule has 146 valence electrons. The Morgan fingerprint density at radius 3 is 2.33 bits per heavy atom. The number of hydrogen-bond donors (Lipinski definition) is 2. The summed E-state index contributed by atoms with van der Waals surface area (Å²) < 4.78 is 5.24. The van der Waals surface area contributed by atoms with Gasteiger partial charge in [-0.1, -0.05) is 47.5 Å². The fourth-order valence-electron chi connectivity index (χ4n) is 2.55. The van der Waals surface area contributed by atoms with Crippen LogP contribution < -0.4 is 11.2 Å². The molecule has 1 aliphatic rings. The van der Waals surface area contributed by atoms with Gasteiger partial charge in [0.05, 0.1) is 6.10 Å². The van der Waals surface area contributed by atoms with Gasteiger partial charge in [-0.05, 0) is 39.5 Å². The Balaban J connectivity index is 0. The van der Waals surface area contributed by atoms with Crippen molar-refractivity contribution in [3.8, 4) is 0 Å². The van der Waals surface area contributed by atoms with Gasteiger partial charge in [0.1, 0.15) is 6.04 Å². The molecule has 1 heterocycles. The molecule has 0 aromatic heterocycles. The number of unbranched alkanes of at least 4 members (excludes halogenated alkanes) is 2. The third-order valence-corrected chi connectivity index (χ3v) is 3.69. The number of ether oxygens (including phenoxy) is 1. The number of nitrogens with one attached hydrogen (secondary N) is 1. The van der Waals surface area contributed by atoms with Crippen LogP contribution in [0.2, 0.25) is 0 Å². The largest absolute Gasteiger partial charge is 0.462 e.